The zero-order chi connectivity index (χ0) is 18.6. The summed E-state index contributed by atoms with van der Waals surface area (Å²) in [5, 5.41) is 0. The normalized spacial score (nSPS) is 12.7. The van der Waals surface area contributed by atoms with E-state index >= 15 is 0 Å². The summed E-state index contributed by atoms with van der Waals surface area (Å²) in [4.78, 5) is 24.4. The zero-order valence-electron chi connectivity index (χ0n) is 15.6. The molecule has 0 unspecified atom stereocenters. The molecule has 1 aromatic heterocycles. The van der Waals surface area contributed by atoms with Crippen molar-refractivity contribution in [2.45, 2.75) is 46.5 Å². The first-order valence-corrected chi connectivity index (χ1v) is 8.59. The maximum absolute atomic E-state index is 12.8. The van der Waals surface area contributed by atoms with Crippen molar-refractivity contribution in [3.8, 4) is 11.3 Å². The molecule has 0 fully saturated rings. The van der Waals surface area contributed by atoms with Gasteiger partial charge in [0.2, 0.25) is 0 Å². The van der Waals surface area contributed by atoms with Gasteiger partial charge in [0.05, 0.1) is 12.4 Å². The Hall–Kier alpha value is -2.54. The summed E-state index contributed by atoms with van der Waals surface area (Å²) in [7, 11) is 0. The average molecular weight is 335 g/mol. The van der Waals surface area contributed by atoms with Gasteiger partial charge in [0.25, 0.3) is 5.82 Å². The Balaban J connectivity index is 2.23. The molecule has 0 aliphatic heterocycles. The number of aromatic nitrogens is 2. The van der Waals surface area contributed by atoms with Gasteiger partial charge >= 0.3 is 0 Å². The Morgan fingerprint density at radius 3 is 2.36 bits per heavy atom. The van der Waals surface area contributed by atoms with E-state index in [9.17, 15) is 4.79 Å². The van der Waals surface area contributed by atoms with Gasteiger partial charge in [0.15, 0.2) is 5.69 Å². The number of nitrogens with zero attached hydrogens (tertiary/aromatic N) is 3. The standard InChI is InChI=1S/C21H25N3O/c1-14(2)15(3)11-19(25)21(4,5)17-9-7-16(8-10-17)18-12-23-13-20(22-6)24-18/h7-10,12-15H,11H2,1-5H3/t15-/m0/s1. The molecule has 2 aromatic rings. The van der Waals surface area contributed by atoms with Crippen LogP contribution in [0.5, 0.6) is 0 Å². The van der Waals surface area contributed by atoms with Crippen molar-refractivity contribution in [1.82, 2.24) is 9.97 Å². The molecule has 0 bridgehead atoms. The highest BCUT2D eigenvalue weighted by Crippen LogP contribution is 2.30. The van der Waals surface area contributed by atoms with E-state index in [1.807, 2.05) is 38.1 Å². The van der Waals surface area contributed by atoms with Crippen molar-refractivity contribution < 1.29 is 4.79 Å². The maximum atomic E-state index is 12.8. The molecule has 0 amide bonds. The van der Waals surface area contributed by atoms with Gasteiger partial charge in [0.1, 0.15) is 5.78 Å². The lowest BCUT2D eigenvalue weighted by molar-refractivity contribution is -0.124. The molecule has 1 aromatic carbocycles. The van der Waals surface area contributed by atoms with E-state index < -0.39 is 5.41 Å². The van der Waals surface area contributed by atoms with Crippen LogP contribution in [0.15, 0.2) is 36.7 Å². The van der Waals surface area contributed by atoms with Crippen LogP contribution >= 0.6 is 0 Å². The van der Waals surface area contributed by atoms with Gasteiger partial charge in [-0.3, -0.25) is 9.78 Å². The summed E-state index contributed by atoms with van der Waals surface area (Å²) in [5.41, 5.74) is 2.02. The van der Waals surface area contributed by atoms with Crippen LogP contribution in [0, 0.1) is 18.4 Å². The van der Waals surface area contributed by atoms with Gasteiger partial charge in [-0.05, 0) is 31.2 Å². The Morgan fingerprint density at radius 2 is 1.80 bits per heavy atom. The van der Waals surface area contributed by atoms with Crippen molar-refractivity contribution >= 4 is 11.6 Å². The summed E-state index contributed by atoms with van der Waals surface area (Å²) in [6, 6.07) is 7.82. The quantitative estimate of drug-likeness (QED) is 0.680. The predicted octanol–water partition coefficient (Wildman–Crippen LogP) is 5.22. The van der Waals surface area contributed by atoms with E-state index in [1.165, 1.54) is 6.20 Å². The molecule has 0 aliphatic rings. The highest BCUT2D eigenvalue weighted by Gasteiger charge is 2.30. The van der Waals surface area contributed by atoms with Crippen molar-refractivity contribution in [3.05, 3.63) is 53.6 Å². The summed E-state index contributed by atoms with van der Waals surface area (Å²) in [5.74, 6) is 1.41. The molecule has 0 saturated carbocycles. The molecule has 0 saturated heterocycles. The van der Waals surface area contributed by atoms with Crippen molar-refractivity contribution in [2.75, 3.05) is 0 Å². The Labute approximate surface area is 150 Å². The fourth-order valence-electron chi connectivity index (χ4n) is 2.55. The third-order valence-corrected chi connectivity index (χ3v) is 4.98. The number of hydrogen-bond donors (Lipinski definition) is 0. The first kappa shape index (κ1) is 18.8. The fraction of sp³-hybridized carbons (Fsp3) is 0.429. The predicted molar refractivity (Wildman–Crippen MR) is 100 cm³/mol. The topological polar surface area (TPSA) is 47.2 Å². The van der Waals surface area contributed by atoms with Crippen LogP contribution in [0.2, 0.25) is 0 Å². The first-order chi connectivity index (χ1) is 11.8. The Kier molecular flexibility index (Phi) is 5.69. The molecule has 0 aliphatic carbocycles. The molecule has 0 spiro atoms. The second kappa shape index (κ2) is 7.57. The van der Waals surface area contributed by atoms with Gasteiger partial charge in [-0.25, -0.2) is 0 Å². The molecule has 2 rings (SSSR count). The lowest BCUT2D eigenvalue weighted by Gasteiger charge is -2.26. The smallest absolute Gasteiger partial charge is 0.288 e. The molecule has 25 heavy (non-hydrogen) atoms. The third-order valence-electron chi connectivity index (χ3n) is 4.98. The van der Waals surface area contributed by atoms with E-state index in [-0.39, 0.29) is 11.6 Å². The summed E-state index contributed by atoms with van der Waals surface area (Å²) in [6.45, 7) is 17.4. The summed E-state index contributed by atoms with van der Waals surface area (Å²) >= 11 is 0. The average Bonchev–Trinajstić information content (AvgIpc) is 2.61. The molecule has 0 radical (unpaired) electrons. The number of ketones is 1. The molecule has 130 valence electrons. The highest BCUT2D eigenvalue weighted by molar-refractivity contribution is 5.89. The van der Waals surface area contributed by atoms with E-state index in [1.54, 1.807) is 6.20 Å². The van der Waals surface area contributed by atoms with E-state index in [0.717, 1.165) is 11.1 Å². The lowest BCUT2D eigenvalue weighted by Crippen LogP contribution is -2.31. The van der Waals surface area contributed by atoms with Gasteiger partial charge in [-0.15, -0.1) is 4.98 Å². The minimum Gasteiger partial charge on any atom is -0.359 e. The summed E-state index contributed by atoms with van der Waals surface area (Å²) < 4.78 is 0. The molecular formula is C21H25N3O. The van der Waals surface area contributed by atoms with E-state index in [0.29, 0.717) is 24.0 Å². The number of carbonyl (C=O) groups excluding carboxylic acids is 1. The number of Topliss-reactive ketones (excluding diaryl/α,β-unsaturated/α-hetero) is 1. The minimum atomic E-state index is -0.522. The molecule has 0 N–H and O–H groups in total. The third kappa shape index (κ3) is 4.30. The molecule has 4 nitrogen and oxygen atoms in total. The van der Waals surface area contributed by atoms with E-state index in [4.69, 9.17) is 6.57 Å². The highest BCUT2D eigenvalue weighted by atomic mass is 16.1. The summed E-state index contributed by atoms with van der Waals surface area (Å²) in [6.07, 6.45) is 3.68. The van der Waals surface area contributed by atoms with Crippen LogP contribution in [0.3, 0.4) is 0 Å². The van der Waals surface area contributed by atoms with Crippen LogP contribution in [0.1, 0.15) is 46.6 Å². The molecule has 4 heteroatoms. The van der Waals surface area contributed by atoms with Gasteiger partial charge in [-0.1, -0.05) is 51.6 Å². The minimum absolute atomic E-state index is 0.260. The van der Waals surface area contributed by atoms with E-state index in [2.05, 4.69) is 35.6 Å². The van der Waals surface area contributed by atoms with Crippen molar-refractivity contribution in [2.24, 2.45) is 11.8 Å². The van der Waals surface area contributed by atoms with Gasteiger partial charge in [0, 0.05) is 17.4 Å². The van der Waals surface area contributed by atoms with Crippen LogP contribution in [-0.2, 0) is 10.2 Å². The van der Waals surface area contributed by atoms with Crippen LogP contribution < -0.4 is 0 Å². The fourth-order valence-corrected chi connectivity index (χ4v) is 2.55. The second-order valence-electron chi connectivity index (χ2n) is 7.43. The van der Waals surface area contributed by atoms with Gasteiger partial charge < -0.3 is 4.85 Å². The second-order valence-corrected chi connectivity index (χ2v) is 7.43. The number of rotatable bonds is 6. The SMILES string of the molecule is [C-]#[N+]c1cncc(-c2ccc(C(C)(C)C(=O)C[C@H](C)C(C)C)cc2)n1. The van der Waals surface area contributed by atoms with Gasteiger partial charge in [-0.2, -0.15) is 0 Å². The number of carbonyl (C=O) groups is 1. The Morgan fingerprint density at radius 1 is 1.16 bits per heavy atom. The van der Waals surface area contributed by atoms with Crippen LogP contribution in [-0.4, -0.2) is 15.8 Å². The van der Waals surface area contributed by atoms with Crippen LogP contribution in [0.4, 0.5) is 5.82 Å². The van der Waals surface area contributed by atoms with Crippen molar-refractivity contribution in [1.29, 1.82) is 0 Å². The first-order valence-electron chi connectivity index (χ1n) is 8.59. The largest absolute Gasteiger partial charge is 0.359 e. The number of benzene rings is 1. The lowest BCUT2D eigenvalue weighted by atomic mass is 9.76. The molecular weight excluding hydrogens is 310 g/mol. The van der Waals surface area contributed by atoms with Crippen LogP contribution in [0.25, 0.3) is 16.1 Å². The maximum Gasteiger partial charge on any atom is 0.288 e. The zero-order valence-corrected chi connectivity index (χ0v) is 15.6. The molecule has 1 atom stereocenters. The monoisotopic (exact) mass is 335 g/mol. The van der Waals surface area contributed by atoms with Crippen molar-refractivity contribution in [3.63, 3.8) is 0 Å². The Bertz CT molecular complexity index is 786. The number of hydrogen-bond acceptors (Lipinski definition) is 3. The molecule has 1 heterocycles.